The number of aliphatic hydroxyl groups is 1. The van der Waals surface area contributed by atoms with Gasteiger partial charge in [-0.25, -0.2) is 0 Å². The van der Waals surface area contributed by atoms with Gasteiger partial charge in [0.25, 0.3) is 5.91 Å². The minimum atomic E-state index is -0.843. The molecular formula is C31H29NO7. The molecule has 200 valence electrons. The number of hydrogen-bond acceptors (Lipinski definition) is 7. The summed E-state index contributed by atoms with van der Waals surface area (Å²) in [7, 11) is 3.06. The first-order valence-corrected chi connectivity index (χ1v) is 12.7. The monoisotopic (exact) mass is 527 g/mol. The Hall–Kier alpha value is -4.72. The molecule has 0 saturated heterocycles. The Morgan fingerprint density at radius 1 is 0.949 bits per heavy atom. The van der Waals surface area contributed by atoms with Gasteiger partial charge < -0.3 is 28.6 Å². The summed E-state index contributed by atoms with van der Waals surface area (Å²) in [4.78, 5) is 28.5. The minimum absolute atomic E-state index is 0.00117. The Morgan fingerprint density at radius 2 is 1.72 bits per heavy atom. The maximum Gasteiger partial charge on any atom is 0.290 e. The van der Waals surface area contributed by atoms with E-state index in [1.165, 1.54) is 12.0 Å². The van der Waals surface area contributed by atoms with Gasteiger partial charge in [0.2, 0.25) is 5.78 Å². The zero-order valence-corrected chi connectivity index (χ0v) is 22.0. The number of methoxy groups -OCH3 is 2. The molecule has 8 heteroatoms. The second kappa shape index (κ2) is 10.9. The summed E-state index contributed by atoms with van der Waals surface area (Å²) in [6, 6.07) is 21.0. The van der Waals surface area contributed by atoms with Gasteiger partial charge in [-0.05, 0) is 41.8 Å². The van der Waals surface area contributed by atoms with E-state index in [1.807, 2.05) is 37.3 Å². The fraction of sp³-hybridized carbons (Fsp3) is 0.226. The SMILES string of the molecule is CCCN1C(=O)C(O)=C(C(=O)c2cc3cccc(OC)c3o2)C1c1ccc(OC)c(OCc2ccccc2)c1. The Labute approximate surface area is 226 Å². The van der Waals surface area contributed by atoms with Gasteiger partial charge in [0.1, 0.15) is 6.61 Å². The van der Waals surface area contributed by atoms with E-state index in [2.05, 4.69) is 0 Å². The highest BCUT2D eigenvalue weighted by Gasteiger charge is 2.44. The van der Waals surface area contributed by atoms with Crippen LogP contribution in [0.15, 0.2) is 88.5 Å². The van der Waals surface area contributed by atoms with Crippen molar-refractivity contribution in [2.75, 3.05) is 20.8 Å². The highest BCUT2D eigenvalue weighted by atomic mass is 16.5. The van der Waals surface area contributed by atoms with E-state index in [9.17, 15) is 14.7 Å². The molecule has 0 aliphatic carbocycles. The molecule has 8 nitrogen and oxygen atoms in total. The van der Waals surface area contributed by atoms with Crippen LogP contribution >= 0.6 is 0 Å². The average Bonchev–Trinajstić information content (AvgIpc) is 3.51. The fourth-order valence-corrected chi connectivity index (χ4v) is 4.86. The number of carbonyl (C=O) groups excluding carboxylic acids is 2. The molecule has 1 aliphatic heterocycles. The largest absolute Gasteiger partial charge is 0.503 e. The first-order valence-electron chi connectivity index (χ1n) is 12.7. The van der Waals surface area contributed by atoms with Crippen molar-refractivity contribution in [2.45, 2.75) is 26.0 Å². The van der Waals surface area contributed by atoms with Gasteiger partial charge in [0.15, 0.2) is 34.4 Å². The van der Waals surface area contributed by atoms with E-state index in [0.717, 1.165) is 5.56 Å². The fourth-order valence-electron chi connectivity index (χ4n) is 4.86. The van der Waals surface area contributed by atoms with Crippen molar-refractivity contribution in [3.05, 3.63) is 101 Å². The Balaban J connectivity index is 1.55. The Bertz CT molecular complexity index is 1550. The highest BCUT2D eigenvalue weighted by molar-refractivity contribution is 6.16. The lowest BCUT2D eigenvalue weighted by Gasteiger charge is -2.27. The smallest absolute Gasteiger partial charge is 0.290 e. The van der Waals surface area contributed by atoms with E-state index in [1.54, 1.807) is 49.6 Å². The van der Waals surface area contributed by atoms with Crippen molar-refractivity contribution in [1.29, 1.82) is 0 Å². The molecule has 0 saturated carbocycles. The van der Waals surface area contributed by atoms with Crippen LogP contribution in [0, 0.1) is 0 Å². The summed E-state index contributed by atoms with van der Waals surface area (Å²) >= 11 is 0. The van der Waals surface area contributed by atoms with Crippen LogP contribution in [-0.2, 0) is 11.4 Å². The third-order valence-corrected chi connectivity index (χ3v) is 6.71. The van der Waals surface area contributed by atoms with Gasteiger partial charge in [-0.3, -0.25) is 9.59 Å². The highest BCUT2D eigenvalue weighted by Crippen LogP contribution is 2.42. The standard InChI is InChI=1S/C31H29NO7/c1-4-15-32-27(20-13-14-22(36-2)24(16-20)38-18-19-9-6-5-7-10-19)26(29(34)31(32)35)28(33)25-17-21-11-8-12-23(37-3)30(21)39-25/h5-14,16-17,27,34H,4,15,18H2,1-3H3. The molecule has 0 spiro atoms. The van der Waals surface area contributed by atoms with Crippen molar-refractivity contribution in [3.63, 3.8) is 0 Å². The maximum absolute atomic E-state index is 13.8. The summed E-state index contributed by atoms with van der Waals surface area (Å²) in [6.07, 6.45) is 0.631. The second-order valence-corrected chi connectivity index (χ2v) is 9.17. The molecule has 1 N–H and O–H groups in total. The van der Waals surface area contributed by atoms with Crippen LogP contribution in [0.3, 0.4) is 0 Å². The first-order chi connectivity index (χ1) is 19.0. The number of furan rings is 1. The number of hydrogen-bond donors (Lipinski definition) is 1. The number of nitrogens with zero attached hydrogens (tertiary/aromatic N) is 1. The topological polar surface area (TPSA) is 98.4 Å². The van der Waals surface area contributed by atoms with Gasteiger partial charge in [0, 0.05) is 11.9 Å². The van der Waals surface area contributed by atoms with Gasteiger partial charge >= 0.3 is 0 Å². The summed E-state index contributed by atoms with van der Waals surface area (Å²) in [5, 5.41) is 11.6. The number of ketones is 1. The number of para-hydroxylation sites is 1. The van der Waals surface area contributed by atoms with Crippen molar-refractivity contribution in [2.24, 2.45) is 0 Å². The lowest BCUT2D eigenvalue weighted by Crippen LogP contribution is -2.31. The molecule has 1 atom stereocenters. The van der Waals surface area contributed by atoms with E-state index in [-0.39, 0.29) is 11.3 Å². The Kier molecular flexibility index (Phi) is 7.27. The third-order valence-electron chi connectivity index (χ3n) is 6.71. The molecule has 0 fully saturated rings. The van der Waals surface area contributed by atoms with E-state index in [0.29, 0.717) is 53.4 Å². The van der Waals surface area contributed by atoms with Crippen LogP contribution < -0.4 is 14.2 Å². The average molecular weight is 528 g/mol. The molecule has 0 bridgehead atoms. The number of ether oxygens (including phenoxy) is 3. The molecule has 3 aromatic carbocycles. The molecule has 0 radical (unpaired) electrons. The lowest BCUT2D eigenvalue weighted by atomic mass is 9.94. The first kappa shape index (κ1) is 25.9. The number of benzene rings is 3. The van der Waals surface area contributed by atoms with Gasteiger partial charge in [-0.2, -0.15) is 0 Å². The van der Waals surface area contributed by atoms with Crippen molar-refractivity contribution >= 4 is 22.7 Å². The van der Waals surface area contributed by atoms with Crippen LogP contribution in [0.25, 0.3) is 11.0 Å². The van der Waals surface area contributed by atoms with Gasteiger partial charge in [-0.1, -0.05) is 55.5 Å². The lowest BCUT2D eigenvalue weighted by molar-refractivity contribution is -0.129. The number of fused-ring (bicyclic) bond motifs is 1. The van der Waals surface area contributed by atoms with Crippen molar-refractivity contribution in [1.82, 2.24) is 4.90 Å². The van der Waals surface area contributed by atoms with Crippen LogP contribution in [0.4, 0.5) is 0 Å². The predicted octanol–water partition coefficient (Wildman–Crippen LogP) is 6.02. The molecule has 1 amide bonds. The second-order valence-electron chi connectivity index (χ2n) is 9.17. The zero-order chi connectivity index (χ0) is 27.5. The molecule has 5 rings (SSSR count). The van der Waals surface area contributed by atoms with Gasteiger partial charge in [0.05, 0.1) is 25.8 Å². The molecule has 2 heterocycles. The van der Waals surface area contributed by atoms with Crippen molar-refractivity contribution in [3.8, 4) is 17.2 Å². The number of Topliss-reactive ketones (excluding diaryl/α,β-unsaturated/α-hetero) is 1. The molecule has 1 unspecified atom stereocenters. The quantitative estimate of drug-likeness (QED) is 0.252. The van der Waals surface area contributed by atoms with Crippen LogP contribution in [0.1, 0.15) is 41.1 Å². The molecular weight excluding hydrogens is 498 g/mol. The van der Waals surface area contributed by atoms with Crippen LogP contribution in [0.5, 0.6) is 17.2 Å². The number of aliphatic hydroxyl groups excluding tert-OH is 1. The third kappa shape index (κ3) is 4.81. The molecule has 1 aliphatic rings. The summed E-state index contributed by atoms with van der Waals surface area (Å²) < 4.78 is 22.8. The zero-order valence-electron chi connectivity index (χ0n) is 22.0. The predicted molar refractivity (Wildman–Crippen MR) is 145 cm³/mol. The van der Waals surface area contributed by atoms with Crippen LogP contribution in [0.2, 0.25) is 0 Å². The molecule has 1 aromatic heterocycles. The summed E-state index contributed by atoms with van der Waals surface area (Å²) in [6.45, 7) is 2.57. The minimum Gasteiger partial charge on any atom is -0.503 e. The number of rotatable bonds is 10. The number of amides is 1. The summed E-state index contributed by atoms with van der Waals surface area (Å²) in [5.41, 5.74) is 1.94. The van der Waals surface area contributed by atoms with E-state index in [4.69, 9.17) is 18.6 Å². The van der Waals surface area contributed by atoms with Crippen molar-refractivity contribution < 1.29 is 33.3 Å². The number of carbonyl (C=O) groups is 2. The summed E-state index contributed by atoms with van der Waals surface area (Å²) in [5.74, 6) is -0.339. The molecule has 4 aromatic rings. The Morgan fingerprint density at radius 3 is 2.44 bits per heavy atom. The maximum atomic E-state index is 13.8. The normalized spacial score (nSPS) is 15.2. The molecule has 39 heavy (non-hydrogen) atoms. The van der Waals surface area contributed by atoms with E-state index < -0.39 is 23.5 Å². The van der Waals surface area contributed by atoms with E-state index >= 15 is 0 Å². The van der Waals surface area contributed by atoms with Gasteiger partial charge in [-0.15, -0.1) is 0 Å². The van der Waals surface area contributed by atoms with Crippen LogP contribution in [-0.4, -0.2) is 42.5 Å².